The Balaban J connectivity index is 1.86. The summed E-state index contributed by atoms with van der Waals surface area (Å²) < 4.78 is 28.9. The van der Waals surface area contributed by atoms with Gasteiger partial charge in [-0.15, -0.1) is 0 Å². The van der Waals surface area contributed by atoms with Crippen molar-refractivity contribution in [2.75, 3.05) is 26.2 Å². The zero-order valence-corrected chi connectivity index (χ0v) is 12.7. The van der Waals surface area contributed by atoms with Crippen LogP contribution in [0.5, 0.6) is 0 Å². The van der Waals surface area contributed by atoms with Gasteiger partial charge >= 0.3 is 0 Å². The van der Waals surface area contributed by atoms with E-state index in [1.165, 1.54) is 6.42 Å². The van der Waals surface area contributed by atoms with Gasteiger partial charge in [0.2, 0.25) is 0 Å². The Kier molecular flexibility index (Phi) is 5.22. The summed E-state index contributed by atoms with van der Waals surface area (Å²) in [5.41, 5.74) is 5.74. The number of nitrogens with one attached hydrogen (secondary N) is 1. The molecule has 1 aliphatic heterocycles. The minimum atomic E-state index is -3.29. The van der Waals surface area contributed by atoms with Crippen molar-refractivity contribution in [3.8, 4) is 0 Å². The summed E-state index contributed by atoms with van der Waals surface area (Å²) in [6.45, 7) is 4.65. The van der Waals surface area contributed by atoms with Gasteiger partial charge in [0, 0.05) is 19.6 Å². The predicted molar refractivity (Wildman–Crippen MR) is 76.8 cm³/mol. The van der Waals surface area contributed by atoms with E-state index in [-0.39, 0.29) is 0 Å². The lowest BCUT2D eigenvalue weighted by Gasteiger charge is -2.30. The van der Waals surface area contributed by atoms with Gasteiger partial charge in [-0.05, 0) is 50.0 Å². The van der Waals surface area contributed by atoms with E-state index < -0.39 is 10.2 Å². The van der Waals surface area contributed by atoms with Gasteiger partial charge in [0.05, 0.1) is 0 Å². The summed E-state index contributed by atoms with van der Waals surface area (Å²) in [7, 11) is -3.29. The van der Waals surface area contributed by atoms with E-state index in [1.807, 2.05) is 0 Å². The maximum absolute atomic E-state index is 12.3. The molecule has 6 heteroatoms. The molecule has 1 heterocycles. The van der Waals surface area contributed by atoms with Crippen LogP contribution in [0.4, 0.5) is 0 Å². The van der Waals surface area contributed by atoms with E-state index in [1.54, 1.807) is 4.31 Å². The number of hydrogen-bond acceptors (Lipinski definition) is 3. The molecule has 5 nitrogen and oxygen atoms in total. The van der Waals surface area contributed by atoms with Crippen molar-refractivity contribution in [2.24, 2.45) is 23.5 Å². The van der Waals surface area contributed by atoms with Crippen LogP contribution in [0.15, 0.2) is 0 Å². The van der Waals surface area contributed by atoms with Gasteiger partial charge in [-0.2, -0.15) is 12.7 Å². The molecule has 0 bridgehead atoms. The molecule has 1 aliphatic carbocycles. The highest BCUT2D eigenvalue weighted by Gasteiger charge is 2.30. The van der Waals surface area contributed by atoms with Crippen molar-refractivity contribution >= 4 is 10.2 Å². The van der Waals surface area contributed by atoms with E-state index in [4.69, 9.17) is 5.73 Å². The zero-order valence-electron chi connectivity index (χ0n) is 11.8. The standard InChI is InChI=1S/C13H27N3O2S/c1-11-4-3-7-16(10-11)19(17,18)15-9-13-6-2-5-12(13)8-14/h11-13,15H,2-10,14H2,1H3. The van der Waals surface area contributed by atoms with E-state index in [0.29, 0.717) is 43.9 Å². The van der Waals surface area contributed by atoms with Crippen molar-refractivity contribution in [1.29, 1.82) is 0 Å². The summed E-state index contributed by atoms with van der Waals surface area (Å²) in [6.07, 6.45) is 5.51. The number of hydrogen-bond donors (Lipinski definition) is 2. The molecule has 0 radical (unpaired) electrons. The molecule has 3 N–H and O–H groups in total. The summed E-state index contributed by atoms with van der Waals surface area (Å²) in [5, 5.41) is 0. The van der Waals surface area contributed by atoms with E-state index in [9.17, 15) is 8.42 Å². The predicted octanol–water partition coefficient (Wildman–Crippen LogP) is 0.928. The highest BCUT2D eigenvalue weighted by Crippen LogP contribution is 2.30. The second-order valence-corrected chi connectivity index (χ2v) is 7.90. The first-order valence-electron chi connectivity index (χ1n) is 7.47. The molecule has 0 aromatic carbocycles. The minimum Gasteiger partial charge on any atom is -0.330 e. The molecule has 2 aliphatic rings. The summed E-state index contributed by atoms with van der Waals surface area (Å²) in [6, 6.07) is 0. The van der Waals surface area contributed by atoms with Gasteiger partial charge in [0.15, 0.2) is 0 Å². The Morgan fingerprint density at radius 1 is 1.21 bits per heavy atom. The number of nitrogens with two attached hydrogens (primary N) is 1. The van der Waals surface area contributed by atoms with Gasteiger partial charge in [0.1, 0.15) is 0 Å². The second-order valence-electron chi connectivity index (χ2n) is 6.15. The molecule has 3 atom stereocenters. The quantitative estimate of drug-likeness (QED) is 0.790. The molecule has 1 saturated carbocycles. The topological polar surface area (TPSA) is 75.4 Å². The van der Waals surface area contributed by atoms with Gasteiger partial charge < -0.3 is 5.73 Å². The molecule has 0 aromatic heterocycles. The van der Waals surface area contributed by atoms with E-state index in [0.717, 1.165) is 25.7 Å². The molecule has 1 saturated heterocycles. The van der Waals surface area contributed by atoms with Crippen LogP contribution in [-0.2, 0) is 10.2 Å². The lowest BCUT2D eigenvalue weighted by molar-refractivity contribution is 0.276. The van der Waals surface area contributed by atoms with E-state index >= 15 is 0 Å². The van der Waals surface area contributed by atoms with Crippen LogP contribution in [0.1, 0.15) is 39.0 Å². The maximum atomic E-state index is 12.3. The average Bonchev–Trinajstić information content (AvgIpc) is 2.84. The van der Waals surface area contributed by atoms with Crippen LogP contribution >= 0.6 is 0 Å². The zero-order chi connectivity index (χ0) is 13.9. The molecular weight excluding hydrogens is 262 g/mol. The van der Waals surface area contributed by atoms with Gasteiger partial charge in [-0.3, -0.25) is 0 Å². The Labute approximate surface area is 117 Å². The largest absolute Gasteiger partial charge is 0.330 e. The monoisotopic (exact) mass is 289 g/mol. The summed E-state index contributed by atoms with van der Waals surface area (Å²) in [4.78, 5) is 0. The first-order valence-corrected chi connectivity index (χ1v) is 8.91. The highest BCUT2D eigenvalue weighted by molar-refractivity contribution is 7.87. The smallest absolute Gasteiger partial charge is 0.279 e. The molecule has 2 fully saturated rings. The van der Waals surface area contributed by atoms with E-state index in [2.05, 4.69) is 11.6 Å². The third-order valence-corrected chi connectivity index (χ3v) is 6.15. The third kappa shape index (κ3) is 3.90. The number of nitrogens with zero attached hydrogens (tertiary/aromatic N) is 1. The fourth-order valence-corrected chi connectivity index (χ4v) is 4.79. The minimum absolute atomic E-state index is 0.419. The molecule has 19 heavy (non-hydrogen) atoms. The third-order valence-electron chi connectivity index (χ3n) is 4.61. The van der Waals surface area contributed by atoms with Crippen LogP contribution < -0.4 is 10.5 Å². The summed E-state index contributed by atoms with van der Waals surface area (Å²) >= 11 is 0. The lowest BCUT2D eigenvalue weighted by atomic mass is 9.97. The highest BCUT2D eigenvalue weighted by atomic mass is 32.2. The lowest BCUT2D eigenvalue weighted by Crippen LogP contribution is -2.47. The molecule has 0 aromatic rings. The molecule has 0 amide bonds. The molecule has 112 valence electrons. The Bertz CT molecular complexity index is 385. The molecule has 0 spiro atoms. The Hall–Kier alpha value is -0.170. The molecular formula is C13H27N3O2S. The second kappa shape index (κ2) is 6.52. The normalized spacial score (nSPS) is 33.7. The molecule has 2 rings (SSSR count). The fourth-order valence-electron chi connectivity index (χ4n) is 3.36. The maximum Gasteiger partial charge on any atom is 0.279 e. The number of rotatable bonds is 5. The van der Waals surface area contributed by atoms with Crippen molar-refractivity contribution in [3.05, 3.63) is 0 Å². The van der Waals surface area contributed by atoms with Gasteiger partial charge in [-0.25, -0.2) is 4.72 Å². The first kappa shape index (κ1) is 15.2. The summed E-state index contributed by atoms with van der Waals surface area (Å²) in [5.74, 6) is 1.37. The number of piperidine rings is 1. The van der Waals surface area contributed by atoms with Crippen molar-refractivity contribution in [1.82, 2.24) is 9.03 Å². The van der Waals surface area contributed by atoms with Gasteiger partial charge in [-0.1, -0.05) is 13.3 Å². The Morgan fingerprint density at radius 2 is 1.95 bits per heavy atom. The Morgan fingerprint density at radius 3 is 2.63 bits per heavy atom. The van der Waals surface area contributed by atoms with Gasteiger partial charge in [0.25, 0.3) is 10.2 Å². The van der Waals surface area contributed by atoms with Crippen LogP contribution in [0.25, 0.3) is 0 Å². The van der Waals surface area contributed by atoms with Crippen molar-refractivity contribution < 1.29 is 8.42 Å². The van der Waals surface area contributed by atoms with Crippen molar-refractivity contribution in [2.45, 2.75) is 39.0 Å². The van der Waals surface area contributed by atoms with Crippen LogP contribution in [0.3, 0.4) is 0 Å². The SMILES string of the molecule is CC1CCCN(S(=O)(=O)NCC2CCCC2CN)C1. The fraction of sp³-hybridized carbons (Fsp3) is 1.00. The molecule has 3 unspecified atom stereocenters. The average molecular weight is 289 g/mol. The first-order chi connectivity index (χ1) is 9.03. The van der Waals surface area contributed by atoms with Crippen LogP contribution in [0, 0.1) is 17.8 Å². The van der Waals surface area contributed by atoms with Crippen LogP contribution in [-0.4, -0.2) is 38.9 Å². The van der Waals surface area contributed by atoms with Crippen LogP contribution in [0.2, 0.25) is 0 Å². The van der Waals surface area contributed by atoms with Crippen molar-refractivity contribution in [3.63, 3.8) is 0 Å².